The number of rotatable bonds is 5. The fourth-order valence-electron chi connectivity index (χ4n) is 2.95. The second-order valence-corrected chi connectivity index (χ2v) is 6.04. The molecule has 1 amide bonds. The van der Waals surface area contributed by atoms with Gasteiger partial charge in [-0.3, -0.25) is 4.79 Å². The summed E-state index contributed by atoms with van der Waals surface area (Å²) in [7, 11) is 0. The van der Waals surface area contributed by atoms with Gasteiger partial charge in [0.15, 0.2) is 0 Å². The van der Waals surface area contributed by atoms with Crippen LogP contribution in [-0.2, 0) is 10.7 Å². The Kier molecular flexibility index (Phi) is 4.34. The SMILES string of the molecule is CCC(c1nc(-c2cccc(C(C)(F)F)c2)no1)N1CCCC1=O. The number of halogens is 2. The van der Waals surface area contributed by atoms with Gasteiger partial charge in [-0.05, 0) is 18.9 Å². The van der Waals surface area contributed by atoms with Crippen molar-refractivity contribution < 1.29 is 18.1 Å². The summed E-state index contributed by atoms with van der Waals surface area (Å²) in [6, 6.07) is 5.65. The molecule has 1 aromatic heterocycles. The number of aromatic nitrogens is 2. The third kappa shape index (κ3) is 3.16. The third-order valence-corrected chi connectivity index (χ3v) is 4.23. The van der Waals surface area contributed by atoms with Gasteiger partial charge in [0, 0.05) is 31.0 Å². The maximum atomic E-state index is 13.5. The van der Waals surface area contributed by atoms with Crippen molar-refractivity contribution in [2.45, 2.75) is 45.1 Å². The molecule has 24 heavy (non-hydrogen) atoms. The quantitative estimate of drug-likeness (QED) is 0.831. The molecule has 0 spiro atoms. The highest BCUT2D eigenvalue weighted by Crippen LogP contribution is 2.31. The van der Waals surface area contributed by atoms with Crippen LogP contribution in [0.4, 0.5) is 8.78 Å². The first kappa shape index (κ1) is 16.5. The minimum Gasteiger partial charge on any atom is -0.337 e. The number of carbonyl (C=O) groups excluding carboxylic acids is 1. The summed E-state index contributed by atoms with van der Waals surface area (Å²) in [5.74, 6) is -2.26. The number of alkyl halides is 2. The minimum absolute atomic E-state index is 0.0780. The van der Waals surface area contributed by atoms with E-state index in [0.29, 0.717) is 30.8 Å². The van der Waals surface area contributed by atoms with Crippen LogP contribution in [0.15, 0.2) is 28.8 Å². The Morgan fingerprint density at radius 2 is 2.21 bits per heavy atom. The Morgan fingerprint density at radius 1 is 1.42 bits per heavy atom. The number of hydrogen-bond acceptors (Lipinski definition) is 4. The van der Waals surface area contributed by atoms with Crippen LogP contribution in [-0.4, -0.2) is 27.5 Å². The Bertz CT molecular complexity index is 739. The first-order chi connectivity index (χ1) is 11.4. The van der Waals surface area contributed by atoms with Crippen molar-refractivity contribution in [1.82, 2.24) is 15.0 Å². The molecule has 7 heteroatoms. The lowest BCUT2D eigenvalue weighted by Crippen LogP contribution is -2.29. The molecule has 0 radical (unpaired) electrons. The molecule has 1 aliphatic heterocycles. The van der Waals surface area contributed by atoms with E-state index in [0.717, 1.165) is 13.3 Å². The molecule has 1 fully saturated rings. The van der Waals surface area contributed by atoms with Crippen LogP contribution in [0.2, 0.25) is 0 Å². The summed E-state index contributed by atoms with van der Waals surface area (Å²) in [6.45, 7) is 3.46. The first-order valence-electron chi connectivity index (χ1n) is 8.02. The molecule has 1 aromatic carbocycles. The van der Waals surface area contributed by atoms with Gasteiger partial charge in [0.2, 0.25) is 17.6 Å². The standard InChI is InChI=1S/C17H19F2N3O2/c1-3-13(22-9-5-8-14(22)23)16-20-15(21-24-16)11-6-4-7-12(10-11)17(2,18)19/h4,6-7,10,13H,3,5,8-9H2,1-2H3. The van der Waals surface area contributed by atoms with E-state index in [1.165, 1.54) is 12.1 Å². The normalized spacial score (nSPS) is 16.7. The van der Waals surface area contributed by atoms with Gasteiger partial charge >= 0.3 is 0 Å². The summed E-state index contributed by atoms with van der Waals surface area (Å²) in [5, 5.41) is 3.91. The van der Waals surface area contributed by atoms with Crippen LogP contribution >= 0.6 is 0 Å². The van der Waals surface area contributed by atoms with E-state index >= 15 is 0 Å². The third-order valence-electron chi connectivity index (χ3n) is 4.23. The fraction of sp³-hybridized carbons (Fsp3) is 0.471. The molecular formula is C17H19F2N3O2. The molecule has 1 atom stereocenters. The minimum atomic E-state index is -2.93. The van der Waals surface area contributed by atoms with Gasteiger partial charge in [0.05, 0.1) is 0 Å². The summed E-state index contributed by atoms with van der Waals surface area (Å²) < 4.78 is 32.3. The van der Waals surface area contributed by atoms with Crippen LogP contribution in [0.3, 0.4) is 0 Å². The van der Waals surface area contributed by atoms with Gasteiger partial charge in [0.25, 0.3) is 5.92 Å². The second kappa shape index (κ2) is 6.30. The van der Waals surface area contributed by atoms with E-state index in [1.54, 1.807) is 17.0 Å². The monoisotopic (exact) mass is 335 g/mol. The van der Waals surface area contributed by atoms with E-state index in [1.807, 2.05) is 6.92 Å². The number of nitrogens with zero attached hydrogens (tertiary/aromatic N) is 3. The summed E-state index contributed by atoms with van der Waals surface area (Å²) in [6.07, 6.45) is 2.01. The molecule has 2 aromatic rings. The molecular weight excluding hydrogens is 316 g/mol. The van der Waals surface area contributed by atoms with Crippen LogP contribution in [0.5, 0.6) is 0 Å². The molecule has 0 saturated carbocycles. The van der Waals surface area contributed by atoms with Gasteiger partial charge in [-0.2, -0.15) is 4.98 Å². The van der Waals surface area contributed by atoms with Crippen molar-refractivity contribution in [3.63, 3.8) is 0 Å². The molecule has 1 saturated heterocycles. The molecule has 1 aliphatic rings. The lowest BCUT2D eigenvalue weighted by Gasteiger charge is -2.23. The molecule has 3 rings (SSSR count). The zero-order valence-corrected chi connectivity index (χ0v) is 13.6. The molecule has 2 heterocycles. The Morgan fingerprint density at radius 3 is 2.83 bits per heavy atom. The van der Waals surface area contributed by atoms with Crippen molar-refractivity contribution in [2.75, 3.05) is 6.54 Å². The Labute approximate surface area is 138 Å². The fourth-order valence-corrected chi connectivity index (χ4v) is 2.95. The van der Waals surface area contributed by atoms with Crippen molar-refractivity contribution in [1.29, 1.82) is 0 Å². The highest BCUT2D eigenvalue weighted by atomic mass is 19.3. The number of carbonyl (C=O) groups is 1. The largest absolute Gasteiger partial charge is 0.337 e. The van der Waals surface area contributed by atoms with Crippen molar-refractivity contribution in [3.8, 4) is 11.4 Å². The van der Waals surface area contributed by atoms with E-state index in [-0.39, 0.29) is 23.3 Å². The summed E-state index contributed by atoms with van der Waals surface area (Å²) >= 11 is 0. The van der Waals surface area contributed by atoms with E-state index in [9.17, 15) is 13.6 Å². The molecule has 128 valence electrons. The summed E-state index contributed by atoms with van der Waals surface area (Å²) in [5.41, 5.74) is 0.361. The Balaban J connectivity index is 1.89. The second-order valence-electron chi connectivity index (χ2n) is 6.04. The van der Waals surface area contributed by atoms with Gasteiger partial charge in [-0.1, -0.05) is 30.3 Å². The van der Waals surface area contributed by atoms with Crippen LogP contribution < -0.4 is 0 Å². The van der Waals surface area contributed by atoms with Gasteiger partial charge in [-0.15, -0.1) is 0 Å². The van der Waals surface area contributed by atoms with Crippen LogP contribution in [0, 0.1) is 0 Å². The van der Waals surface area contributed by atoms with Crippen molar-refractivity contribution in [3.05, 3.63) is 35.7 Å². The first-order valence-corrected chi connectivity index (χ1v) is 8.02. The molecule has 1 unspecified atom stereocenters. The van der Waals surface area contributed by atoms with Gasteiger partial charge in [0.1, 0.15) is 6.04 Å². The van der Waals surface area contributed by atoms with Gasteiger partial charge in [-0.25, -0.2) is 8.78 Å². The zero-order valence-electron chi connectivity index (χ0n) is 13.6. The average Bonchev–Trinajstić information content (AvgIpc) is 3.18. The maximum absolute atomic E-state index is 13.5. The smallest absolute Gasteiger partial charge is 0.270 e. The van der Waals surface area contributed by atoms with E-state index < -0.39 is 5.92 Å². The molecule has 0 N–H and O–H groups in total. The van der Waals surface area contributed by atoms with Crippen LogP contribution in [0.25, 0.3) is 11.4 Å². The Hall–Kier alpha value is -2.31. The maximum Gasteiger partial charge on any atom is 0.270 e. The highest BCUT2D eigenvalue weighted by molar-refractivity contribution is 5.78. The van der Waals surface area contributed by atoms with Crippen LogP contribution in [0.1, 0.15) is 50.6 Å². The predicted molar refractivity (Wildman–Crippen MR) is 83.3 cm³/mol. The lowest BCUT2D eigenvalue weighted by atomic mass is 10.1. The van der Waals surface area contributed by atoms with Crippen molar-refractivity contribution >= 4 is 5.91 Å². The van der Waals surface area contributed by atoms with E-state index in [4.69, 9.17) is 4.52 Å². The highest BCUT2D eigenvalue weighted by Gasteiger charge is 2.32. The molecule has 0 bridgehead atoms. The van der Waals surface area contributed by atoms with E-state index in [2.05, 4.69) is 10.1 Å². The van der Waals surface area contributed by atoms with Gasteiger partial charge < -0.3 is 9.42 Å². The zero-order chi connectivity index (χ0) is 17.3. The molecule has 0 aliphatic carbocycles. The number of hydrogen-bond donors (Lipinski definition) is 0. The lowest BCUT2D eigenvalue weighted by molar-refractivity contribution is -0.130. The average molecular weight is 335 g/mol. The molecule has 5 nitrogen and oxygen atoms in total. The summed E-state index contributed by atoms with van der Waals surface area (Å²) in [4.78, 5) is 18.0. The predicted octanol–water partition coefficient (Wildman–Crippen LogP) is 3.92. The topological polar surface area (TPSA) is 59.2 Å². The number of amides is 1. The number of benzene rings is 1. The van der Waals surface area contributed by atoms with Crippen molar-refractivity contribution in [2.24, 2.45) is 0 Å². The number of likely N-dealkylation sites (tertiary alicyclic amines) is 1.